The quantitative estimate of drug-likeness (QED) is 0.627. The summed E-state index contributed by atoms with van der Waals surface area (Å²) in [4.78, 5) is 0. The molecule has 0 saturated heterocycles. The van der Waals surface area contributed by atoms with E-state index >= 15 is 0 Å². The third-order valence-electron chi connectivity index (χ3n) is 3.07. The molecule has 0 amide bonds. The van der Waals surface area contributed by atoms with Crippen molar-refractivity contribution < 1.29 is 0 Å². The first-order chi connectivity index (χ1) is 5.64. The summed E-state index contributed by atoms with van der Waals surface area (Å²) in [6.45, 7) is 8.14. The van der Waals surface area contributed by atoms with Crippen LogP contribution in [0.2, 0.25) is 0 Å². The molecule has 0 aromatic heterocycles. The lowest BCUT2D eigenvalue weighted by Gasteiger charge is -2.22. The van der Waals surface area contributed by atoms with Crippen LogP contribution >= 0.6 is 0 Å². The van der Waals surface area contributed by atoms with Gasteiger partial charge in [-0.05, 0) is 37.6 Å². The largest absolute Gasteiger partial charge is 0.314 e. The van der Waals surface area contributed by atoms with Crippen molar-refractivity contribution in [3.05, 3.63) is 0 Å². The Bertz CT molecular complexity index is 129. The van der Waals surface area contributed by atoms with Crippen LogP contribution in [0, 0.1) is 5.41 Å². The Hall–Kier alpha value is -0.0400. The smallest absolute Gasteiger partial charge is 0.00671 e. The van der Waals surface area contributed by atoms with Gasteiger partial charge in [0.1, 0.15) is 0 Å². The zero-order valence-corrected chi connectivity index (χ0v) is 8.82. The van der Waals surface area contributed by atoms with Gasteiger partial charge in [0.2, 0.25) is 0 Å². The highest BCUT2D eigenvalue weighted by atomic mass is 14.9. The van der Waals surface area contributed by atoms with E-state index in [-0.39, 0.29) is 0 Å². The fourth-order valence-electron chi connectivity index (χ4n) is 2.15. The first-order valence-electron chi connectivity index (χ1n) is 5.37. The summed E-state index contributed by atoms with van der Waals surface area (Å²) in [5.41, 5.74) is 0.601. The van der Waals surface area contributed by atoms with Gasteiger partial charge < -0.3 is 5.32 Å². The lowest BCUT2D eigenvalue weighted by molar-refractivity contribution is 0.310. The molecule has 1 heteroatoms. The molecule has 1 aliphatic carbocycles. The Morgan fingerprint density at radius 1 is 1.25 bits per heavy atom. The Morgan fingerprint density at radius 3 is 2.67 bits per heavy atom. The average molecular weight is 169 g/mol. The van der Waals surface area contributed by atoms with Gasteiger partial charge in [-0.1, -0.05) is 27.2 Å². The topological polar surface area (TPSA) is 12.0 Å². The minimum absolute atomic E-state index is 0.601. The van der Waals surface area contributed by atoms with E-state index in [9.17, 15) is 0 Å². The zero-order valence-electron chi connectivity index (χ0n) is 8.82. The van der Waals surface area contributed by atoms with E-state index in [1.54, 1.807) is 0 Å². The van der Waals surface area contributed by atoms with Crippen LogP contribution < -0.4 is 5.32 Å². The van der Waals surface area contributed by atoms with Crippen molar-refractivity contribution >= 4 is 0 Å². The number of hydrogen-bond donors (Lipinski definition) is 1. The van der Waals surface area contributed by atoms with Crippen LogP contribution in [0.4, 0.5) is 0 Å². The Morgan fingerprint density at radius 2 is 2.00 bits per heavy atom. The molecule has 0 radical (unpaired) electrons. The maximum absolute atomic E-state index is 3.56. The molecule has 0 bridgehead atoms. The molecule has 0 aliphatic heterocycles. The summed E-state index contributed by atoms with van der Waals surface area (Å²) >= 11 is 0. The van der Waals surface area contributed by atoms with Gasteiger partial charge in [-0.25, -0.2) is 0 Å². The standard InChI is InChI=1S/C11H23N/c1-4-12-10-6-5-8-11(2,3)9-7-10/h10,12H,4-9H2,1-3H3. The Kier molecular flexibility index (Phi) is 3.57. The van der Waals surface area contributed by atoms with Crippen LogP contribution in [0.15, 0.2) is 0 Å². The molecule has 12 heavy (non-hydrogen) atoms. The second-order valence-corrected chi connectivity index (χ2v) is 4.85. The van der Waals surface area contributed by atoms with E-state index in [0.29, 0.717) is 5.41 Å². The van der Waals surface area contributed by atoms with Crippen molar-refractivity contribution in [2.75, 3.05) is 6.54 Å². The maximum atomic E-state index is 3.56. The van der Waals surface area contributed by atoms with Crippen LogP contribution in [0.1, 0.15) is 52.9 Å². The monoisotopic (exact) mass is 169 g/mol. The molecule has 1 fully saturated rings. The maximum Gasteiger partial charge on any atom is 0.00671 e. The molecule has 1 nitrogen and oxygen atoms in total. The molecule has 0 aromatic rings. The molecule has 0 heterocycles. The van der Waals surface area contributed by atoms with E-state index in [1.807, 2.05) is 0 Å². The molecule has 1 saturated carbocycles. The molecular weight excluding hydrogens is 146 g/mol. The van der Waals surface area contributed by atoms with Gasteiger partial charge in [0.25, 0.3) is 0 Å². The summed E-state index contributed by atoms with van der Waals surface area (Å²) in [6, 6.07) is 0.803. The Balaban J connectivity index is 2.34. The van der Waals surface area contributed by atoms with Crippen molar-refractivity contribution in [2.45, 2.75) is 58.9 Å². The van der Waals surface area contributed by atoms with Crippen molar-refractivity contribution in [2.24, 2.45) is 5.41 Å². The molecule has 1 rings (SSSR count). The SMILES string of the molecule is CCNC1CCCC(C)(C)CC1. The third-order valence-corrected chi connectivity index (χ3v) is 3.07. The van der Waals surface area contributed by atoms with Crippen molar-refractivity contribution in [3.8, 4) is 0 Å². The predicted octanol–water partition coefficient (Wildman–Crippen LogP) is 2.95. The lowest BCUT2D eigenvalue weighted by atomic mass is 9.85. The molecule has 72 valence electrons. The number of nitrogens with one attached hydrogen (secondary N) is 1. The van der Waals surface area contributed by atoms with Crippen molar-refractivity contribution in [1.82, 2.24) is 5.32 Å². The molecule has 1 N–H and O–H groups in total. The average Bonchev–Trinajstić information content (AvgIpc) is 2.14. The molecular formula is C11H23N. The van der Waals surface area contributed by atoms with Crippen LogP contribution in [0.5, 0.6) is 0 Å². The van der Waals surface area contributed by atoms with Crippen molar-refractivity contribution in [1.29, 1.82) is 0 Å². The summed E-state index contributed by atoms with van der Waals surface area (Å²) in [6.07, 6.45) is 6.97. The summed E-state index contributed by atoms with van der Waals surface area (Å²) in [7, 11) is 0. The van der Waals surface area contributed by atoms with Gasteiger partial charge in [0.05, 0.1) is 0 Å². The van der Waals surface area contributed by atoms with E-state index in [2.05, 4.69) is 26.1 Å². The second kappa shape index (κ2) is 4.27. The highest BCUT2D eigenvalue weighted by molar-refractivity contribution is 4.78. The van der Waals surface area contributed by atoms with Crippen LogP contribution in [0.25, 0.3) is 0 Å². The van der Waals surface area contributed by atoms with E-state index in [1.165, 1.54) is 32.1 Å². The molecule has 0 spiro atoms. The normalized spacial score (nSPS) is 29.8. The lowest BCUT2D eigenvalue weighted by Crippen LogP contribution is -2.28. The zero-order chi connectivity index (χ0) is 9.03. The van der Waals surface area contributed by atoms with Crippen LogP contribution in [0.3, 0.4) is 0 Å². The fourth-order valence-corrected chi connectivity index (χ4v) is 2.15. The van der Waals surface area contributed by atoms with E-state index < -0.39 is 0 Å². The molecule has 1 atom stereocenters. The molecule has 1 aliphatic rings. The number of rotatable bonds is 2. The van der Waals surface area contributed by atoms with Crippen molar-refractivity contribution in [3.63, 3.8) is 0 Å². The second-order valence-electron chi connectivity index (χ2n) is 4.85. The van der Waals surface area contributed by atoms with Crippen LogP contribution in [-0.2, 0) is 0 Å². The first kappa shape index (κ1) is 10.0. The number of hydrogen-bond acceptors (Lipinski definition) is 1. The van der Waals surface area contributed by atoms with Gasteiger partial charge in [0.15, 0.2) is 0 Å². The predicted molar refractivity (Wildman–Crippen MR) is 54.3 cm³/mol. The fraction of sp³-hybridized carbons (Fsp3) is 1.00. The van der Waals surface area contributed by atoms with E-state index in [4.69, 9.17) is 0 Å². The summed E-state index contributed by atoms with van der Waals surface area (Å²) < 4.78 is 0. The van der Waals surface area contributed by atoms with Gasteiger partial charge in [0, 0.05) is 6.04 Å². The van der Waals surface area contributed by atoms with Gasteiger partial charge in [-0.2, -0.15) is 0 Å². The van der Waals surface area contributed by atoms with Gasteiger partial charge >= 0.3 is 0 Å². The minimum Gasteiger partial charge on any atom is -0.314 e. The van der Waals surface area contributed by atoms with Crippen LogP contribution in [-0.4, -0.2) is 12.6 Å². The summed E-state index contributed by atoms with van der Waals surface area (Å²) in [5.74, 6) is 0. The minimum atomic E-state index is 0.601. The van der Waals surface area contributed by atoms with Gasteiger partial charge in [-0.15, -0.1) is 0 Å². The highest BCUT2D eigenvalue weighted by Gasteiger charge is 2.23. The summed E-state index contributed by atoms with van der Waals surface area (Å²) in [5, 5.41) is 3.56. The highest BCUT2D eigenvalue weighted by Crippen LogP contribution is 2.33. The van der Waals surface area contributed by atoms with Gasteiger partial charge in [-0.3, -0.25) is 0 Å². The molecule has 1 unspecified atom stereocenters. The first-order valence-corrected chi connectivity index (χ1v) is 5.37. The van der Waals surface area contributed by atoms with E-state index in [0.717, 1.165) is 12.6 Å². The Labute approximate surface area is 76.9 Å². The third kappa shape index (κ3) is 3.14. The molecule has 0 aromatic carbocycles.